The summed E-state index contributed by atoms with van der Waals surface area (Å²) in [5.74, 6) is 0.451. The van der Waals surface area contributed by atoms with E-state index in [9.17, 15) is 14.7 Å². The van der Waals surface area contributed by atoms with Crippen molar-refractivity contribution in [3.05, 3.63) is 58.8 Å². The third-order valence-electron chi connectivity index (χ3n) is 8.48. The lowest BCUT2D eigenvalue weighted by Crippen LogP contribution is -2.62. The number of ether oxygens (including phenoxy) is 2. The van der Waals surface area contributed by atoms with E-state index in [0.717, 1.165) is 12.8 Å². The summed E-state index contributed by atoms with van der Waals surface area (Å²) in [4.78, 5) is 27.9. The van der Waals surface area contributed by atoms with Crippen LogP contribution in [-0.2, 0) is 11.8 Å². The van der Waals surface area contributed by atoms with E-state index in [0.29, 0.717) is 41.2 Å². The van der Waals surface area contributed by atoms with Crippen LogP contribution in [0, 0.1) is 5.82 Å². The molecule has 2 unspecified atom stereocenters. The molecule has 0 aliphatic carbocycles. The molecule has 2 saturated heterocycles. The van der Waals surface area contributed by atoms with E-state index < -0.39 is 23.0 Å². The van der Waals surface area contributed by atoms with Crippen molar-refractivity contribution in [1.29, 1.82) is 0 Å². The van der Waals surface area contributed by atoms with Crippen LogP contribution < -0.4 is 15.2 Å². The number of hydrogen-bond donors (Lipinski definition) is 1. The minimum Gasteiger partial charge on any atom is -0.467 e. The van der Waals surface area contributed by atoms with Gasteiger partial charge in [0.15, 0.2) is 12.6 Å². The molecule has 4 heterocycles. The van der Waals surface area contributed by atoms with Gasteiger partial charge in [0, 0.05) is 61.7 Å². The van der Waals surface area contributed by atoms with Crippen LogP contribution in [0.5, 0.6) is 5.75 Å². The quantitative estimate of drug-likeness (QED) is 0.427. The summed E-state index contributed by atoms with van der Waals surface area (Å²) in [5, 5.41) is 18.7. The fraction of sp³-hybridized carbons (Fsp3) is 0.448. The molecular formula is C29H34FN5O5. The Balaban J connectivity index is 1.43. The highest BCUT2D eigenvalue weighted by Crippen LogP contribution is 2.51. The van der Waals surface area contributed by atoms with Gasteiger partial charge in [0.1, 0.15) is 11.6 Å². The van der Waals surface area contributed by atoms with Crippen molar-refractivity contribution in [3.63, 3.8) is 0 Å². The largest absolute Gasteiger partial charge is 0.467 e. The van der Waals surface area contributed by atoms with Crippen molar-refractivity contribution >= 4 is 11.9 Å². The van der Waals surface area contributed by atoms with Gasteiger partial charge in [0.25, 0.3) is 5.56 Å². The van der Waals surface area contributed by atoms with E-state index in [1.165, 1.54) is 29.9 Å². The number of fused-ring (bicyclic) bond motifs is 2. The van der Waals surface area contributed by atoms with Crippen LogP contribution in [0.2, 0.25) is 0 Å². The number of rotatable bonds is 7. The van der Waals surface area contributed by atoms with Crippen molar-refractivity contribution in [2.45, 2.75) is 56.7 Å². The van der Waals surface area contributed by atoms with Crippen LogP contribution in [0.25, 0.3) is 22.4 Å². The van der Waals surface area contributed by atoms with Gasteiger partial charge in [-0.3, -0.25) is 9.69 Å². The number of benzene rings is 1. The van der Waals surface area contributed by atoms with Gasteiger partial charge in [0.2, 0.25) is 0 Å². The van der Waals surface area contributed by atoms with Gasteiger partial charge >= 0.3 is 6.09 Å². The second-order valence-corrected chi connectivity index (χ2v) is 11.3. The molecule has 40 heavy (non-hydrogen) atoms. The number of amides is 1. The van der Waals surface area contributed by atoms with Crippen molar-refractivity contribution in [3.8, 4) is 28.1 Å². The second-order valence-electron chi connectivity index (χ2n) is 11.3. The number of carbonyl (C=O) groups is 1. The third kappa shape index (κ3) is 4.78. The Morgan fingerprint density at radius 3 is 2.40 bits per heavy atom. The van der Waals surface area contributed by atoms with Crippen LogP contribution in [0.3, 0.4) is 0 Å². The molecule has 2 aromatic heterocycles. The molecule has 0 saturated carbocycles. The fourth-order valence-corrected chi connectivity index (χ4v) is 6.40. The summed E-state index contributed by atoms with van der Waals surface area (Å²) in [7, 11) is 5.06. The molecule has 11 heteroatoms. The summed E-state index contributed by atoms with van der Waals surface area (Å²) in [5.41, 5.74) is 0.357. The van der Waals surface area contributed by atoms with Gasteiger partial charge in [-0.1, -0.05) is 0 Å². The standard InChI is InChI=1S/C29H34FN5O5/c1-28-9-10-29(2,35(28)27(37)38)16-19(15-28)34(4)25-7-6-23(31-32-25)21-13-22(30)20(14-24(21)40-17-39-5)18-8-11-33(3)26(36)12-18/h6-8,11-14,19H,9-10,15-17H2,1-5H3,(H,37,38). The van der Waals surface area contributed by atoms with Crippen LogP contribution in [0.4, 0.5) is 15.0 Å². The number of aryl methyl sites for hydroxylation is 1. The summed E-state index contributed by atoms with van der Waals surface area (Å²) in [6, 6.07) is 9.57. The smallest absolute Gasteiger partial charge is 0.408 e. The Labute approximate surface area is 232 Å². The average Bonchev–Trinajstić information content (AvgIpc) is 3.09. The van der Waals surface area contributed by atoms with Gasteiger partial charge in [0.05, 0.1) is 5.69 Å². The monoisotopic (exact) mass is 551 g/mol. The Kier molecular flexibility index (Phi) is 7.03. The number of methoxy groups -OCH3 is 1. The predicted molar refractivity (Wildman–Crippen MR) is 148 cm³/mol. The molecule has 2 bridgehead atoms. The Morgan fingerprint density at radius 1 is 1.12 bits per heavy atom. The molecule has 0 radical (unpaired) electrons. The molecule has 10 nitrogen and oxygen atoms in total. The lowest BCUT2D eigenvalue weighted by Gasteiger charge is -2.51. The SMILES string of the molecule is COCOc1cc(-c2ccn(C)c(=O)c2)c(F)cc1-c1ccc(N(C)C2CC3(C)CCC(C)(C2)N3C(=O)O)nn1. The van der Waals surface area contributed by atoms with E-state index in [2.05, 4.69) is 15.1 Å². The lowest BCUT2D eigenvalue weighted by molar-refractivity contribution is 0.0131. The summed E-state index contributed by atoms with van der Waals surface area (Å²) in [6.45, 7) is 3.98. The number of anilines is 1. The van der Waals surface area contributed by atoms with Crippen LogP contribution >= 0.6 is 0 Å². The molecule has 1 N–H and O–H groups in total. The summed E-state index contributed by atoms with van der Waals surface area (Å²) >= 11 is 0. The number of aromatic nitrogens is 3. The minimum atomic E-state index is -0.868. The molecule has 2 fully saturated rings. The van der Waals surface area contributed by atoms with E-state index in [1.54, 1.807) is 30.3 Å². The molecule has 0 spiro atoms. The molecule has 212 valence electrons. The maximum Gasteiger partial charge on any atom is 0.408 e. The van der Waals surface area contributed by atoms with Crippen LogP contribution in [0.1, 0.15) is 39.5 Å². The molecule has 5 rings (SSSR count). The molecule has 1 amide bonds. The number of piperidine rings is 1. The van der Waals surface area contributed by atoms with Gasteiger partial charge in [-0.15, -0.1) is 10.2 Å². The fourth-order valence-electron chi connectivity index (χ4n) is 6.40. The number of pyridine rings is 1. The Bertz CT molecular complexity index is 1480. The highest BCUT2D eigenvalue weighted by atomic mass is 19.1. The first-order valence-corrected chi connectivity index (χ1v) is 13.2. The first-order valence-electron chi connectivity index (χ1n) is 13.2. The van der Waals surface area contributed by atoms with E-state index in [4.69, 9.17) is 9.47 Å². The van der Waals surface area contributed by atoms with Crippen LogP contribution in [0.15, 0.2) is 47.4 Å². The third-order valence-corrected chi connectivity index (χ3v) is 8.48. The predicted octanol–water partition coefficient (Wildman–Crippen LogP) is 4.52. The number of nitrogens with zero attached hydrogens (tertiary/aromatic N) is 5. The van der Waals surface area contributed by atoms with Crippen molar-refractivity contribution in [2.24, 2.45) is 7.05 Å². The maximum atomic E-state index is 15.3. The van der Waals surface area contributed by atoms with E-state index in [1.807, 2.05) is 27.0 Å². The summed E-state index contributed by atoms with van der Waals surface area (Å²) < 4.78 is 27.6. The zero-order chi connectivity index (χ0) is 28.8. The zero-order valence-electron chi connectivity index (χ0n) is 23.3. The van der Waals surface area contributed by atoms with Gasteiger partial charge in [-0.2, -0.15) is 0 Å². The Morgan fingerprint density at radius 2 is 1.82 bits per heavy atom. The Hall–Kier alpha value is -3.99. The molecule has 3 aromatic rings. The number of carboxylic acid groups (broad SMARTS) is 1. The number of halogens is 1. The summed E-state index contributed by atoms with van der Waals surface area (Å²) in [6.07, 6.45) is 3.76. The first kappa shape index (κ1) is 27.6. The lowest BCUT2D eigenvalue weighted by atomic mass is 9.82. The first-order chi connectivity index (χ1) is 19.0. The highest BCUT2D eigenvalue weighted by molar-refractivity contribution is 5.75. The second kappa shape index (κ2) is 10.2. The van der Waals surface area contributed by atoms with Crippen molar-refractivity contribution in [1.82, 2.24) is 19.7 Å². The molecule has 1 aromatic carbocycles. The molecule has 2 aliphatic rings. The van der Waals surface area contributed by atoms with Crippen molar-refractivity contribution in [2.75, 3.05) is 25.9 Å². The normalized spacial score (nSPS) is 23.8. The zero-order valence-corrected chi connectivity index (χ0v) is 23.3. The van der Waals surface area contributed by atoms with Crippen LogP contribution in [-0.4, -0.2) is 68.9 Å². The average molecular weight is 552 g/mol. The minimum absolute atomic E-state index is 0.0601. The molecule has 2 aliphatic heterocycles. The van der Waals surface area contributed by atoms with Gasteiger partial charge in [-0.05, 0) is 75.4 Å². The maximum absolute atomic E-state index is 15.3. The van der Waals surface area contributed by atoms with Gasteiger partial charge < -0.3 is 24.0 Å². The van der Waals surface area contributed by atoms with E-state index in [-0.39, 0.29) is 24.0 Å². The molecular weight excluding hydrogens is 517 g/mol. The topological polar surface area (TPSA) is 110 Å². The highest BCUT2D eigenvalue weighted by Gasteiger charge is 2.58. The van der Waals surface area contributed by atoms with E-state index >= 15 is 4.39 Å². The van der Waals surface area contributed by atoms with Gasteiger partial charge in [-0.25, -0.2) is 9.18 Å². The van der Waals surface area contributed by atoms with Crippen molar-refractivity contribution < 1.29 is 23.8 Å². The number of hydrogen-bond acceptors (Lipinski definition) is 7. The molecule has 2 atom stereocenters.